The van der Waals surface area contributed by atoms with Gasteiger partial charge in [0.25, 0.3) is 0 Å². The van der Waals surface area contributed by atoms with Gasteiger partial charge in [-0.1, -0.05) is 0 Å². The fraction of sp³-hybridized carbons (Fsp3) is 0.143. The van der Waals surface area contributed by atoms with Crippen LogP contribution in [-0.4, -0.2) is 22.1 Å². The molecule has 142 valence electrons. The van der Waals surface area contributed by atoms with Crippen molar-refractivity contribution < 1.29 is 22.7 Å². The molecule has 0 saturated carbocycles. The summed E-state index contributed by atoms with van der Waals surface area (Å²) in [6.45, 7) is 2.01. The first-order valence-corrected chi connectivity index (χ1v) is 8.63. The van der Waals surface area contributed by atoms with Crippen LogP contribution in [0.25, 0.3) is 27.5 Å². The summed E-state index contributed by atoms with van der Waals surface area (Å²) in [6, 6.07) is 11.9. The molecule has 0 spiro atoms. The van der Waals surface area contributed by atoms with Crippen LogP contribution < -0.4 is 0 Å². The second-order valence-corrected chi connectivity index (χ2v) is 6.23. The van der Waals surface area contributed by atoms with E-state index in [1.165, 1.54) is 12.1 Å². The predicted octanol–water partition coefficient (Wildman–Crippen LogP) is 5.37. The van der Waals surface area contributed by atoms with E-state index in [1.54, 1.807) is 37.5 Å². The van der Waals surface area contributed by atoms with Gasteiger partial charge in [0.05, 0.1) is 35.0 Å². The van der Waals surface area contributed by atoms with Crippen molar-refractivity contribution in [1.29, 1.82) is 0 Å². The predicted molar refractivity (Wildman–Crippen MR) is 99.5 cm³/mol. The van der Waals surface area contributed by atoms with Crippen molar-refractivity contribution in [3.05, 3.63) is 72.1 Å². The number of esters is 1. The van der Waals surface area contributed by atoms with Crippen LogP contribution in [0.3, 0.4) is 0 Å². The lowest BCUT2D eigenvalue weighted by Crippen LogP contribution is -2.05. The minimum atomic E-state index is -4.39. The molecule has 0 atom stereocenters. The lowest BCUT2D eigenvalue weighted by Gasteiger charge is -2.10. The summed E-state index contributed by atoms with van der Waals surface area (Å²) in [5, 5.41) is 1.64. The monoisotopic (exact) mass is 384 g/mol. The van der Waals surface area contributed by atoms with Gasteiger partial charge in [-0.15, -0.1) is 0 Å². The van der Waals surface area contributed by atoms with Crippen LogP contribution in [0.15, 0.2) is 60.9 Å². The van der Waals surface area contributed by atoms with E-state index in [-0.39, 0.29) is 6.61 Å². The van der Waals surface area contributed by atoms with Gasteiger partial charge in [0, 0.05) is 22.7 Å². The normalized spacial score (nSPS) is 11.9. The molecule has 4 nitrogen and oxygen atoms in total. The van der Waals surface area contributed by atoms with E-state index in [1.807, 2.05) is 10.6 Å². The van der Waals surface area contributed by atoms with Crippen LogP contribution in [0.4, 0.5) is 13.2 Å². The summed E-state index contributed by atoms with van der Waals surface area (Å²) in [5.41, 5.74) is 1.77. The number of benzene rings is 2. The van der Waals surface area contributed by atoms with Crippen LogP contribution in [0, 0.1) is 0 Å². The summed E-state index contributed by atoms with van der Waals surface area (Å²) in [6.07, 6.45) is -1.11. The average molecular weight is 384 g/mol. The van der Waals surface area contributed by atoms with Gasteiger partial charge in [0.2, 0.25) is 0 Å². The van der Waals surface area contributed by atoms with Crippen molar-refractivity contribution in [1.82, 2.24) is 9.55 Å². The van der Waals surface area contributed by atoms with Gasteiger partial charge in [0.1, 0.15) is 0 Å². The lowest BCUT2D eigenvalue weighted by molar-refractivity contribution is -0.137. The van der Waals surface area contributed by atoms with Crippen molar-refractivity contribution in [2.45, 2.75) is 13.1 Å². The standard InChI is InChI=1S/C21H15F3N2O2/c1-2-28-20(27)13-3-8-18-17(11-13)16-9-10-25-12-19(16)26(18)15-6-4-14(5-7-15)21(22,23)24/h3-12H,2H2,1H3. The molecule has 0 radical (unpaired) electrons. The number of nitrogens with zero attached hydrogens (tertiary/aromatic N) is 2. The third-order valence-electron chi connectivity index (χ3n) is 4.53. The van der Waals surface area contributed by atoms with Crippen molar-refractivity contribution >= 4 is 27.8 Å². The van der Waals surface area contributed by atoms with Crippen LogP contribution in [-0.2, 0) is 10.9 Å². The molecule has 7 heteroatoms. The summed E-state index contributed by atoms with van der Waals surface area (Å²) in [4.78, 5) is 16.2. The Morgan fingerprint density at radius 2 is 1.79 bits per heavy atom. The number of fused-ring (bicyclic) bond motifs is 3. The Labute approximate surface area is 158 Å². The van der Waals surface area contributed by atoms with Gasteiger partial charge < -0.3 is 9.30 Å². The number of rotatable bonds is 3. The van der Waals surface area contributed by atoms with E-state index in [4.69, 9.17) is 4.74 Å². The molecule has 0 bridgehead atoms. The largest absolute Gasteiger partial charge is 0.462 e. The molecule has 0 aliphatic carbocycles. The Balaban J connectivity index is 1.94. The molecule has 4 rings (SSSR count). The number of carbonyl (C=O) groups is 1. The van der Waals surface area contributed by atoms with Gasteiger partial charge in [-0.05, 0) is 55.5 Å². The summed E-state index contributed by atoms with van der Waals surface area (Å²) in [5.74, 6) is -0.422. The Hall–Kier alpha value is -3.35. The number of halogens is 3. The molecule has 2 aromatic carbocycles. The van der Waals surface area contributed by atoms with Crippen LogP contribution in [0.2, 0.25) is 0 Å². The van der Waals surface area contributed by atoms with E-state index in [0.717, 1.165) is 33.9 Å². The van der Waals surface area contributed by atoms with E-state index < -0.39 is 17.7 Å². The number of alkyl halides is 3. The number of hydrogen-bond donors (Lipinski definition) is 0. The molecule has 0 amide bonds. The van der Waals surface area contributed by atoms with Gasteiger partial charge in [-0.2, -0.15) is 13.2 Å². The molecule has 0 saturated heterocycles. The second-order valence-electron chi connectivity index (χ2n) is 6.23. The zero-order valence-corrected chi connectivity index (χ0v) is 14.8. The highest BCUT2D eigenvalue weighted by molar-refractivity contribution is 6.11. The molecule has 0 aliphatic rings. The Bertz CT molecular complexity index is 1180. The highest BCUT2D eigenvalue weighted by Crippen LogP contribution is 2.34. The molecular weight excluding hydrogens is 369 g/mol. The molecule has 4 aromatic rings. The Morgan fingerprint density at radius 1 is 1.04 bits per heavy atom. The summed E-state index contributed by atoms with van der Waals surface area (Å²) in [7, 11) is 0. The smallest absolute Gasteiger partial charge is 0.416 e. The van der Waals surface area contributed by atoms with E-state index in [9.17, 15) is 18.0 Å². The zero-order valence-electron chi connectivity index (χ0n) is 14.8. The molecule has 2 heterocycles. The van der Waals surface area contributed by atoms with E-state index in [0.29, 0.717) is 11.3 Å². The molecule has 0 N–H and O–H groups in total. The summed E-state index contributed by atoms with van der Waals surface area (Å²) < 4.78 is 45.6. The Kier molecular flexibility index (Phi) is 4.30. The van der Waals surface area contributed by atoms with Crippen molar-refractivity contribution in [2.75, 3.05) is 6.61 Å². The van der Waals surface area contributed by atoms with Gasteiger partial charge >= 0.3 is 12.1 Å². The van der Waals surface area contributed by atoms with Gasteiger partial charge in [-0.25, -0.2) is 4.79 Å². The van der Waals surface area contributed by atoms with Crippen molar-refractivity contribution in [2.24, 2.45) is 0 Å². The van der Waals surface area contributed by atoms with Crippen LogP contribution in [0.1, 0.15) is 22.8 Å². The number of hydrogen-bond acceptors (Lipinski definition) is 3. The summed E-state index contributed by atoms with van der Waals surface area (Å²) >= 11 is 0. The van der Waals surface area contributed by atoms with Crippen LogP contribution in [0.5, 0.6) is 0 Å². The second kappa shape index (κ2) is 6.67. The average Bonchev–Trinajstić information content (AvgIpc) is 3.01. The minimum absolute atomic E-state index is 0.272. The highest BCUT2D eigenvalue weighted by atomic mass is 19.4. The highest BCUT2D eigenvalue weighted by Gasteiger charge is 2.30. The topological polar surface area (TPSA) is 44.1 Å². The first-order valence-electron chi connectivity index (χ1n) is 8.63. The van der Waals surface area contributed by atoms with Gasteiger partial charge in [-0.3, -0.25) is 4.98 Å². The zero-order chi connectivity index (χ0) is 19.9. The number of carbonyl (C=O) groups excluding carboxylic acids is 1. The van der Waals surface area contributed by atoms with Crippen molar-refractivity contribution in [3.63, 3.8) is 0 Å². The maximum atomic E-state index is 12.9. The fourth-order valence-corrected chi connectivity index (χ4v) is 3.29. The maximum absolute atomic E-state index is 12.9. The number of ether oxygens (including phenoxy) is 1. The van der Waals surface area contributed by atoms with E-state index in [2.05, 4.69) is 4.98 Å². The molecular formula is C21H15F3N2O2. The third-order valence-corrected chi connectivity index (χ3v) is 4.53. The first-order chi connectivity index (χ1) is 13.4. The number of pyridine rings is 1. The minimum Gasteiger partial charge on any atom is -0.462 e. The third kappa shape index (κ3) is 2.98. The fourth-order valence-electron chi connectivity index (χ4n) is 3.29. The maximum Gasteiger partial charge on any atom is 0.416 e. The Morgan fingerprint density at radius 3 is 2.46 bits per heavy atom. The molecule has 2 aromatic heterocycles. The van der Waals surface area contributed by atoms with Crippen LogP contribution >= 0.6 is 0 Å². The van der Waals surface area contributed by atoms with Gasteiger partial charge in [0.15, 0.2) is 0 Å². The van der Waals surface area contributed by atoms with E-state index >= 15 is 0 Å². The molecule has 28 heavy (non-hydrogen) atoms. The molecule has 0 unspecified atom stereocenters. The lowest BCUT2D eigenvalue weighted by atomic mass is 10.1. The SMILES string of the molecule is CCOC(=O)c1ccc2c(c1)c1ccncc1n2-c1ccc(C(F)(F)F)cc1. The van der Waals surface area contributed by atoms with Crippen molar-refractivity contribution in [3.8, 4) is 5.69 Å². The number of aromatic nitrogens is 2. The molecule has 0 aliphatic heterocycles. The quantitative estimate of drug-likeness (QED) is 0.446. The first kappa shape index (κ1) is 18.0. The molecule has 0 fully saturated rings.